The number of hydrogen-bond donors (Lipinski definition) is 1. The first-order valence-corrected chi connectivity index (χ1v) is 5.39. The number of rotatable bonds is 3. The van der Waals surface area contributed by atoms with Crippen molar-refractivity contribution < 1.29 is 0 Å². The van der Waals surface area contributed by atoms with Crippen LogP contribution in [0.5, 0.6) is 0 Å². The Morgan fingerprint density at radius 1 is 1.31 bits per heavy atom. The van der Waals surface area contributed by atoms with E-state index in [1.807, 2.05) is 48.7 Å². The molecule has 0 saturated carbocycles. The van der Waals surface area contributed by atoms with Gasteiger partial charge in [-0.05, 0) is 19.4 Å². The molecule has 0 fully saturated rings. The van der Waals surface area contributed by atoms with Gasteiger partial charge < -0.3 is 10.3 Å². The Morgan fingerprint density at radius 3 is 2.62 bits per heavy atom. The fourth-order valence-corrected chi connectivity index (χ4v) is 1.80. The summed E-state index contributed by atoms with van der Waals surface area (Å²) in [4.78, 5) is 0. The van der Waals surface area contributed by atoms with Gasteiger partial charge in [-0.1, -0.05) is 30.3 Å². The summed E-state index contributed by atoms with van der Waals surface area (Å²) in [6, 6.07) is 9.95. The lowest BCUT2D eigenvalue weighted by atomic mass is 9.92. The van der Waals surface area contributed by atoms with Gasteiger partial charge in [-0.2, -0.15) is 0 Å². The molecule has 4 nitrogen and oxygen atoms in total. The molecule has 84 valence electrons. The van der Waals surface area contributed by atoms with Crippen LogP contribution in [0, 0.1) is 0 Å². The minimum absolute atomic E-state index is 0.603. The first-order chi connectivity index (χ1) is 7.66. The van der Waals surface area contributed by atoms with E-state index in [9.17, 15) is 0 Å². The van der Waals surface area contributed by atoms with Gasteiger partial charge in [-0.25, -0.2) is 0 Å². The molecule has 1 atom stereocenters. The van der Waals surface area contributed by atoms with Crippen LogP contribution in [-0.4, -0.2) is 14.8 Å². The van der Waals surface area contributed by atoms with E-state index in [1.54, 1.807) is 6.33 Å². The largest absolute Gasteiger partial charge is 0.316 e. The lowest BCUT2D eigenvalue weighted by Gasteiger charge is -2.24. The van der Waals surface area contributed by atoms with Gasteiger partial charge in [0.05, 0.1) is 5.54 Å². The number of nitrogens with zero attached hydrogens (tertiary/aromatic N) is 3. The van der Waals surface area contributed by atoms with Crippen molar-refractivity contribution in [2.75, 3.05) is 0 Å². The third-order valence-electron chi connectivity index (χ3n) is 2.79. The van der Waals surface area contributed by atoms with Crippen LogP contribution in [0.2, 0.25) is 0 Å². The molecular weight excluding hydrogens is 200 g/mol. The summed E-state index contributed by atoms with van der Waals surface area (Å²) >= 11 is 0. The molecule has 0 aliphatic heterocycles. The summed E-state index contributed by atoms with van der Waals surface area (Å²) in [5.74, 6) is 0.793. The van der Waals surface area contributed by atoms with Crippen LogP contribution in [0.25, 0.3) is 0 Å². The third-order valence-corrected chi connectivity index (χ3v) is 2.79. The Bertz CT molecular complexity index is 459. The summed E-state index contributed by atoms with van der Waals surface area (Å²) in [7, 11) is 0. The van der Waals surface area contributed by atoms with Gasteiger partial charge in [-0.3, -0.25) is 0 Å². The average molecular weight is 216 g/mol. The number of nitrogens with two attached hydrogens (primary N) is 1. The van der Waals surface area contributed by atoms with Gasteiger partial charge >= 0.3 is 0 Å². The zero-order valence-corrected chi connectivity index (χ0v) is 9.59. The lowest BCUT2D eigenvalue weighted by molar-refractivity contribution is 0.515. The lowest BCUT2D eigenvalue weighted by Crippen LogP contribution is -2.37. The maximum atomic E-state index is 6.36. The number of aromatic nitrogens is 3. The number of aryl methyl sites for hydroxylation is 1. The molecule has 2 N–H and O–H groups in total. The second-order valence-electron chi connectivity index (χ2n) is 4.01. The van der Waals surface area contributed by atoms with E-state index in [4.69, 9.17) is 5.73 Å². The Morgan fingerprint density at radius 2 is 2.00 bits per heavy atom. The van der Waals surface area contributed by atoms with Gasteiger partial charge in [0.25, 0.3) is 0 Å². The molecule has 1 unspecified atom stereocenters. The monoisotopic (exact) mass is 216 g/mol. The van der Waals surface area contributed by atoms with Crippen LogP contribution in [0.15, 0.2) is 36.7 Å². The molecule has 1 aromatic heterocycles. The Balaban J connectivity index is 2.47. The molecule has 4 heteroatoms. The molecular formula is C12H16N4. The quantitative estimate of drug-likeness (QED) is 0.846. The van der Waals surface area contributed by atoms with E-state index in [0.717, 1.165) is 17.9 Å². The molecule has 0 spiro atoms. The van der Waals surface area contributed by atoms with Crippen LogP contribution in [0.4, 0.5) is 0 Å². The molecule has 0 aliphatic carbocycles. The topological polar surface area (TPSA) is 56.7 Å². The molecule has 1 aromatic carbocycles. The molecule has 0 amide bonds. The molecule has 0 radical (unpaired) electrons. The van der Waals surface area contributed by atoms with E-state index >= 15 is 0 Å². The van der Waals surface area contributed by atoms with Gasteiger partial charge in [0.1, 0.15) is 6.33 Å². The molecule has 1 heterocycles. The maximum absolute atomic E-state index is 6.36. The van der Waals surface area contributed by atoms with E-state index < -0.39 is 5.54 Å². The first-order valence-electron chi connectivity index (χ1n) is 5.39. The van der Waals surface area contributed by atoms with Crippen LogP contribution < -0.4 is 5.73 Å². The van der Waals surface area contributed by atoms with Crippen molar-refractivity contribution in [2.24, 2.45) is 5.73 Å². The fourth-order valence-electron chi connectivity index (χ4n) is 1.80. The van der Waals surface area contributed by atoms with E-state index in [1.165, 1.54) is 0 Å². The standard InChI is InChI=1S/C12H16N4/c1-3-16-9-14-15-11(16)12(2,13)10-7-5-4-6-8-10/h4-9H,3,13H2,1-2H3. The molecule has 0 saturated heterocycles. The Labute approximate surface area is 95.1 Å². The van der Waals surface area contributed by atoms with Crippen LogP contribution in [0.1, 0.15) is 25.2 Å². The second kappa shape index (κ2) is 4.06. The van der Waals surface area contributed by atoms with Gasteiger partial charge in [0, 0.05) is 6.54 Å². The van der Waals surface area contributed by atoms with Crippen molar-refractivity contribution in [3.05, 3.63) is 48.0 Å². The van der Waals surface area contributed by atoms with Crippen molar-refractivity contribution in [3.8, 4) is 0 Å². The number of benzene rings is 1. The summed E-state index contributed by atoms with van der Waals surface area (Å²) < 4.78 is 1.97. The molecule has 16 heavy (non-hydrogen) atoms. The molecule has 0 aliphatic rings. The highest BCUT2D eigenvalue weighted by atomic mass is 15.3. The predicted octanol–water partition coefficient (Wildman–Crippen LogP) is 1.52. The Hall–Kier alpha value is -1.68. The highest BCUT2D eigenvalue weighted by Crippen LogP contribution is 2.24. The highest BCUT2D eigenvalue weighted by molar-refractivity contribution is 5.29. The van der Waals surface area contributed by atoms with Crippen LogP contribution in [0.3, 0.4) is 0 Å². The summed E-state index contributed by atoms with van der Waals surface area (Å²) in [5.41, 5.74) is 6.79. The van der Waals surface area contributed by atoms with Gasteiger partial charge in [0.15, 0.2) is 5.82 Å². The summed E-state index contributed by atoms with van der Waals surface area (Å²) in [6.07, 6.45) is 1.71. The van der Waals surface area contributed by atoms with E-state index in [2.05, 4.69) is 10.2 Å². The first kappa shape index (κ1) is 10.8. The van der Waals surface area contributed by atoms with Crippen molar-refractivity contribution in [2.45, 2.75) is 25.9 Å². The van der Waals surface area contributed by atoms with Crippen molar-refractivity contribution in [3.63, 3.8) is 0 Å². The molecule has 0 bridgehead atoms. The fraction of sp³-hybridized carbons (Fsp3) is 0.333. The van der Waals surface area contributed by atoms with Crippen molar-refractivity contribution in [1.82, 2.24) is 14.8 Å². The zero-order valence-electron chi connectivity index (χ0n) is 9.59. The summed E-state index contributed by atoms with van der Waals surface area (Å²) in [5, 5.41) is 8.04. The normalized spacial score (nSPS) is 14.7. The number of hydrogen-bond acceptors (Lipinski definition) is 3. The Kier molecular flexibility index (Phi) is 2.75. The minimum Gasteiger partial charge on any atom is -0.316 e. The van der Waals surface area contributed by atoms with Gasteiger partial charge in [-0.15, -0.1) is 10.2 Å². The molecule has 2 aromatic rings. The van der Waals surface area contributed by atoms with Crippen LogP contribution in [-0.2, 0) is 12.1 Å². The smallest absolute Gasteiger partial charge is 0.157 e. The van der Waals surface area contributed by atoms with Gasteiger partial charge in [0.2, 0.25) is 0 Å². The zero-order chi connectivity index (χ0) is 11.6. The minimum atomic E-state index is -0.603. The highest BCUT2D eigenvalue weighted by Gasteiger charge is 2.28. The predicted molar refractivity (Wildman–Crippen MR) is 62.8 cm³/mol. The van der Waals surface area contributed by atoms with E-state index in [-0.39, 0.29) is 0 Å². The van der Waals surface area contributed by atoms with Crippen LogP contribution >= 0.6 is 0 Å². The SMILES string of the molecule is CCn1cnnc1C(C)(N)c1ccccc1. The third kappa shape index (κ3) is 1.72. The van der Waals surface area contributed by atoms with Crippen molar-refractivity contribution in [1.29, 1.82) is 0 Å². The van der Waals surface area contributed by atoms with E-state index in [0.29, 0.717) is 0 Å². The summed E-state index contributed by atoms with van der Waals surface area (Å²) in [6.45, 7) is 4.83. The van der Waals surface area contributed by atoms with Crippen molar-refractivity contribution >= 4 is 0 Å². The maximum Gasteiger partial charge on any atom is 0.157 e. The average Bonchev–Trinajstić information content (AvgIpc) is 2.79. The molecule has 2 rings (SSSR count). The second-order valence-corrected chi connectivity index (χ2v) is 4.01.